The van der Waals surface area contributed by atoms with E-state index in [0.29, 0.717) is 5.56 Å². The van der Waals surface area contributed by atoms with Crippen molar-refractivity contribution < 1.29 is 27.1 Å². The fourth-order valence-electron chi connectivity index (χ4n) is 2.61. The maximum atomic E-state index is 13.2. The van der Waals surface area contributed by atoms with Crippen molar-refractivity contribution in [2.45, 2.75) is 12.8 Å². The number of primary amides is 1. The minimum absolute atomic E-state index is 0.00617. The molecule has 3 aromatic rings. The number of hydrogen-bond acceptors (Lipinski definition) is 3. The number of halogens is 4. The standard InChI is InChI=1S/C20H15F4N3O2/c21-14-6-3-12(4-7-14)11-29-17-2-1-9-26-18(17)15-10-13(20(22,23)24)5-8-16(15)27-19(25)28/h1-10H,11H2,(H3,25,27,28). The summed E-state index contributed by atoms with van der Waals surface area (Å²) in [5.74, 6) is -0.217. The zero-order chi connectivity index (χ0) is 21.0. The van der Waals surface area contributed by atoms with Gasteiger partial charge >= 0.3 is 12.2 Å². The predicted molar refractivity (Wildman–Crippen MR) is 98.6 cm³/mol. The number of amides is 2. The molecule has 3 N–H and O–H groups in total. The molecule has 150 valence electrons. The van der Waals surface area contributed by atoms with E-state index in [1.165, 1.54) is 36.5 Å². The van der Waals surface area contributed by atoms with Gasteiger partial charge in [0, 0.05) is 11.8 Å². The summed E-state index contributed by atoms with van der Waals surface area (Å²) >= 11 is 0. The van der Waals surface area contributed by atoms with Crippen molar-refractivity contribution >= 4 is 11.7 Å². The van der Waals surface area contributed by atoms with Crippen molar-refractivity contribution in [2.75, 3.05) is 5.32 Å². The predicted octanol–water partition coefficient (Wildman–Crippen LogP) is 4.98. The number of carbonyl (C=O) groups excluding carboxylic acids is 1. The van der Waals surface area contributed by atoms with E-state index in [4.69, 9.17) is 10.5 Å². The normalized spacial score (nSPS) is 11.2. The number of alkyl halides is 3. The van der Waals surface area contributed by atoms with Gasteiger partial charge in [0.2, 0.25) is 0 Å². The Hall–Kier alpha value is -3.62. The third-order valence-corrected chi connectivity index (χ3v) is 3.94. The van der Waals surface area contributed by atoms with E-state index in [-0.39, 0.29) is 29.3 Å². The molecule has 0 unspecified atom stereocenters. The number of ether oxygens (including phenoxy) is 1. The summed E-state index contributed by atoms with van der Waals surface area (Å²) in [6, 6.07) is 10.5. The Labute approximate surface area is 163 Å². The minimum Gasteiger partial charge on any atom is -0.487 e. The molecule has 29 heavy (non-hydrogen) atoms. The molecule has 1 aromatic heterocycles. The van der Waals surface area contributed by atoms with Crippen LogP contribution in [0.4, 0.5) is 28.0 Å². The Bertz CT molecular complexity index is 1020. The maximum absolute atomic E-state index is 13.2. The summed E-state index contributed by atoms with van der Waals surface area (Å²) in [5.41, 5.74) is 4.99. The van der Waals surface area contributed by atoms with E-state index in [1.54, 1.807) is 6.07 Å². The summed E-state index contributed by atoms with van der Waals surface area (Å²) in [6.07, 6.45) is -3.21. The lowest BCUT2D eigenvalue weighted by molar-refractivity contribution is -0.137. The van der Waals surface area contributed by atoms with E-state index in [9.17, 15) is 22.4 Å². The van der Waals surface area contributed by atoms with Crippen molar-refractivity contribution in [1.29, 1.82) is 0 Å². The SMILES string of the molecule is NC(=O)Nc1ccc(C(F)(F)F)cc1-c1ncccc1OCc1ccc(F)cc1. The number of aromatic nitrogens is 1. The number of anilines is 1. The molecular formula is C20H15F4N3O2. The number of carbonyl (C=O) groups is 1. The molecule has 9 heteroatoms. The summed E-state index contributed by atoms with van der Waals surface area (Å²) in [5, 5.41) is 2.29. The molecule has 0 saturated carbocycles. The van der Waals surface area contributed by atoms with Crippen LogP contribution in [0.1, 0.15) is 11.1 Å². The van der Waals surface area contributed by atoms with Crippen LogP contribution in [0, 0.1) is 5.82 Å². The maximum Gasteiger partial charge on any atom is 0.416 e. The fraction of sp³-hybridized carbons (Fsp3) is 0.100. The topological polar surface area (TPSA) is 77.2 Å². The number of urea groups is 1. The lowest BCUT2D eigenvalue weighted by Gasteiger charge is -2.16. The third-order valence-electron chi connectivity index (χ3n) is 3.94. The van der Waals surface area contributed by atoms with Gasteiger partial charge in [-0.15, -0.1) is 0 Å². The Balaban J connectivity index is 2.00. The Morgan fingerprint density at radius 1 is 1.10 bits per heavy atom. The van der Waals surface area contributed by atoms with Gasteiger partial charge in [-0.2, -0.15) is 13.2 Å². The highest BCUT2D eigenvalue weighted by Crippen LogP contribution is 2.38. The summed E-state index contributed by atoms with van der Waals surface area (Å²) in [7, 11) is 0. The lowest BCUT2D eigenvalue weighted by Crippen LogP contribution is -2.20. The average molecular weight is 405 g/mol. The first-order chi connectivity index (χ1) is 13.7. The third kappa shape index (κ3) is 5.01. The van der Waals surface area contributed by atoms with E-state index in [2.05, 4.69) is 10.3 Å². The fourth-order valence-corrected chi connectivity index (χ4v) is 2.61. The van der Waals surface area contributed by atoms with Gasteiger partial charge in [-0.3, -0.25) is 4.98 Å². The Morgan fingerprint density at radius 3 is 2.48 bits per heavy atom. The lowest BCUT2D eigenvalue weighted by atomic mass is 10.0. The quantitative estimate of drug-likeness (QED) is 0.588. The van der Waals surface area contributed by atoms with E-state index >= 15 is 0 Å². The molecule has 0 aliphatic heterocycles. The van der Waals surface area contributed by atoms with Crippen molar-refractivity contribution in [1.82, 2.24) is 4.98 Å². The Morgan fingerprint density at radius 2 is 1.83 bits per heavy atom. The van der Waals surface area contributed by atoms with Crippen LogP contribution < -0.4 is 15.8 Å². The molecule has 2 amide bonds. The van der Waals surface area contributed by atoms with Gasteiger partial charge in [0.25, 0.3) is 0 Å². The number of nitrogens with zero attached hydrogens (tertiary/aromatic N) is 1. The van der Waals surface area contributed by atoms with Crippen LogP contribution in [0.25, 0.3) is 11.3 Å². The summed E-state index contributed by atoms with van der Waals surface area (Å²) < 4.78 is 58.3. The first-order valence-corrected chi connectivity index (χ1v) is 8.34. The molecule has 0 atom stereocenters. The summed E-state index contributed by atoms with van der Waals surface area (Å²) in [6.45, 7) is 0.0382. The first kappa shape index (κ1) is 20.1. The van der Waals surface area contributed by atoms with Gasteiger partial charge in [-0.25, -0.2) is 9.18 Å². The van der Waals surface area contributed by atoms with E-state index in [1.807, 2.05) is 0 Å². The smallest absolute Gasteiger partial charge is 0.416 e. The van der Waals surface area contributed by atoms with Crippen LogP contribution in [0.5, 0.6) is 5.75 Å². The van der Waals surface area contributed by atoms with Gasteiger partial charge < -0.3 is 15.8 Å². The highest BCUT2D eigenvalue weighted by molar-refractivity contribution is 5.94. The highest BCUT2D eigenvalue weighted by Gasteiger charge is 2.31. The van der Waals surface area contributed by atoms with Crippen LogP contribution in [0.3, 0.4) is 0 Å². The zero-order valence-electron chi connectivity index (χ0n) is 14.8. The second kappa shape index (κ2) is 8.17. The van der Waals surface area contributed by atoms with Crippen molar-refractivity contribution in [3.63, 3.8) is 0 Å². The van der Waals surface area contributed by atoms with E-state index in [0.717, 1.165) is 18.2 Å². The molecule has 0 spiro atoms. The molecule has 1 heterocycles. The van der Waals surface area contributed by atoms with Gasteiger partial charge in [0.1, 0.15) is 23.9 Å². The molecule has 3 rings (SSSR count). The van der Waals surface area contributed by atoms with Crippen LogP contribution in [-0.2, 0) is 12.8 Å². The largest absolute Gasteiger partial charge is 0.487 e. The van der Waals surface area contributed by atoms with Crippen LogP contribution in [0.15, 0.2) is 60.8 Å². The molecule has 0 fully saturated rings. The van der Waals surface area contributed by atoms with Crippen molar-refractivity contribution in [3.05, 3.63) is 77.7 Å². The number of nitrogens with one attached hydrogen (secondary N) is 1. The van der Waals surface area contributed by atoms with Crippen molar-refractivity contribution in [3.8, 4) is 17.0 Å². The average Bonchev–Trinajstić information content (AvgIpc) is 2.67. The second-order valence-corrected chi connectivity index (χ2v) is 6.01. The Kier molecular flexibility index (Phi) is 5.67. The number of nitrogens with two attached hydrogens (primary N) is 1. The van der Waals surface area contributed by atoms with Crippen LogP contribution in [-0.4, -0.2) is 11.0 Å². The number of pyridine rings is 1. The molecule has 5 nitrogen and oxygen atoms in total. The highest BCUT2D eigenvalue weighted by atomic mass is 19.4. The molecular weight excluding hydrogens is 390 g/mol. The molecule has 0 bridgehead atoms. The number of benzene rings is 2. The molecule has 0 saturated heterocycles. The molecule has 0 aliphatic carbocycles. The van der Waals surface area contributed by atoms with Crippen LogP contribution >= 0.6 is 0 Å². The van der Waals surface area contributed by atoms with Gasteiger partial charge in [0.05, 0.1) is 11.3 Å². The van der Waals surface area contributed by atoms with Gasteiger partial charge in [0.15, 0.2) is 0 Å². The minimum atomic E-state index is -4.59. The van der Waals surface area contributed by atoms with E-state index < -0.39 is 23.6 Å². The number of hydrogen-bond donors (Lipinski definition) is 2. The molecule has 2 aromatic carbocycles. The van der Waals surface area contributed by atoms with Crippen LogP contribution in [0.2, 0.25) is 0 Å². The first-order valence-electron chi connectivity index (χ1n) is 8.34. The zero-order valence-corrected chi connectivity index (χ0v) is 14.8. The van der Waals surface area contributed by atoms with Gasteiger partial charge in [-0.1, -0.05) is 12.1 Å². The number of rotatable bonds is 5. The van der Waals surface area contributed by atoms with Crippen molar-refractivity contribution in [2.24, 2.45) is 5.73 Å². The second-order valence-electron chi connectivity index (χ2n) is 6.01. The summed E-state index contributed by atoms with van der Waals surface area (Å²) in [4.78, 5) is 15.4. The van der Waals surface area contributed by atoms with Gasteiger partial charge in [-0.05, 0) is 48.0 Å². The molecule has 0 aliphatic rings. The molecule has 0 radical (unpaired) electrons. The monoisotopic (exact) mass is 405 g/mol.